The zero-order chi connectivity index (χ0) is 62.1. The van der Waals surface area contributed by atoms with Gasteiger partial charge in [0.05, 0.1) is 0 Å². The van der Waals surface area contributed by atoms with Crippen molar-refractivity contribution in [2.75, 3.05) is 0 Å². The fourth-order valence-electron chi connectivity index (χ4n) is 7.94. The summed E-state index contributed by atoms with van der Waals surface area (Å²) in [6, 6.07) is 0. The number of benzene rings is 3. The first-order valence-corrected chi connectivity index (χ1v) is 22.4. The van der Waals surface area contributed by atoms with E-state index in [1.807, 2.05) is 0 Å². The number of hydrogen-bond donors (Lipinski definition) is 1. The van der Waals surface area contributed by atoms with Gasteiger partial charge in [-0.3, -0.25) is 4.79 Å². The van der Waals surface area contributed by atoms with E-state index in [2.05, 4.69) is 19.5 Å². The second-order valence-electron chi connectivity index (χ2n) is 20.8. The summed E-state index contributed by atoms with van der Waals surface area (Å²) in [5, 5.41) is 2.22. The average Bonchev–Trinajstić information content (AvgIpc) is 3.31. The molecule has 0 radical (unpaired) electrons. The molecule has 3 saturated heterocycles. The highest BCUT2D eigenvalue weighted by atomic mass is 19.2. The molecule has 3 heterocycles. The summed E-state index contributed by atoms with van der Waals surface area (Å²) in [4.78, 5) is 71.5. The molecule has 3 aliphatic rings. The summed E-state index contributed by atoms with van der Waals surface area (Å²) in [5.41, 5.74) is -14.1. The first-order chi connectivity index (χ1) is 36.0. The summed E-state index contributed by atoms with van der Waals surface area (Å²) in [7, 11) is 0. The molecule has 444 valence electrons. The standard InChI is InChI=1S/C16H16F5NO5.C16H15F5O6.C16H15F5O5/c1-14(2)16(5,15(3,4)27-13(24)26-14)22-12(23)25-11-9(20)7(18)6(17)8(19)10(11)21;1-14(2)16(5,15(3,4)26-13(23)25-14)27-12(22)24-11-9(20)7(18)6(17)8(19)10(11)21;1-14(2)16(5,15(3,4)26-13(23)25-14)12(22)24-11-9(20)7(18)6(17)8(19)10(11)21/h1-5H3,(H,22,23);1-5H3;1-5H3. The molecule has 0 spiro atoms. The van der Waals surface area contributed by atoms with Crippen molar-refractivity contribution in [3.05, 3.63) is 87.3 Å². The summed E-state index contributed by atoms with van der Waals surface area (Å²) >= 11 is 0. The molecule has 0 saturated carbocycles. The van der Waals surface area contributed by atoms with Gasteiger partial charge < -0.3 is 52.7 Å². The van der Waals surface area contributed by atoms with Crippen LogP contribution in [0, 0.1) is 92.7 Å². The number of rotatable bonds is 6. The van der Waals surface area contributed by atoms with Gasteiger partial charge in [0.15, 0.2) is 16.8 Å². The van der Waals surface area contributed by atoms with Crippen LogP contribution in [0.1, 0.15) is 104 Å². The maximum atomic E-state index is 13.8. The third-order valence-electron chi connectivity index (χ3n) is 14.3. The molecule has 3 aromatic rings. The molecular weight excluding hydrogens is 1130 g/mol. The quantitative estimate of drug-likeness (QED) is 0.0463. The molecule has 0 aromatic heterocycles. The van der Waals surface area contributed by atoms with Crippen molar-refractivity contribution in [3.8, 4) is 17.2 Å². The lowest BCUT2D eigenvalue weighted by Gasteiger charge is -2.54. The number of hydrogen-bond acceptors (Lipinski definition) is 16. The first kappa shape index (κ1) is 65.0. The van der Waals surface area contributed by atoms with Crippen LogP contribution in [0.3, 0.4) is 0 Å². The third kappa shape index (κ3) is 10.9. The minimum absolute atomic E-state index is 1.02. The minimum Gasteiger partial charge on any atom is -0.427 e. The van der Waals surface area contributed by atoms with Crippen LogP contribution in [0.5, 0.6) is 17.2 Å². The van der Waals surface area contributed by atoms with Crippen molar-refractivity contribution in [1.29, 1.82) is 0 Å². The molecule has 0 aliphatic carbocycles. The molecule has 6 rings (SSSR count). The summed E-state index contributed by atoms with van der Waals surface area (Å²) < 4.78 is 249. The Balaban J connectivity index is 0.000000258. The van der Waals surface area contributed by atoms with Crippen LogP contribution in [0.25, 0.3) is 0 Å². The molecule has 80 heavy (non-hydrogen) atoms. The number of carbonyl (C=O) groups is 6. The van der Waals surface area contributed by atoms with E-state index < -0.39 is 191 Å². The zero-order valence-electron chi connectivity index (χ0n) is 44.2. The van der Waals surface area contributed by atoms with Crippen LogP contribution in [-0.2, 0) is 38.0 Å². The molecule has 1 N–H and O–H groups in total. The molecule has 3 aromatic carbocycles. The van der Waals surface area contributed by atoms with Gasteiger partial charge in [-0.2, -0.15) is 26.3 Å². The van der Waals surface area contributed by atoms with E-state index in [0.29, 0.717) is 0 Å². The van der Waals surface area contributed by atoms with Crippen molar-refractivity contribution >= 4 is 36.7 Å². The molecule has 1 amide bonds. The van der Waals surface area contributed by atoms with E-state index in [1.165, 1.54) is 104 Å². The number of ether oxygens (including phenoxy) is 10. The Bertz CT molecular complexity index is 2810. The second-order valence-corrected chi connectivity index (χ2v) is 20.8. The molecule has 0 unspecified atom stereocenters. The predicted octanol–water partition coefficient (Wildman–Crippen LogP) is 12.4. The van der Waals surface area contributed by atoms with Gasteiger partial charge in [0.2, 0.25) is 105 Å². The molecule has 0 bridgehead atoms. The number of esters is 1. The van der Waals surface area contributed by atoms with E-state index in [1.54, 1.807) is 0 Å². The van der Waals surface area contributed by atoms with Gasteiger partial charge in [-0.15, -0.1) is 0 Å². The number of cyclic esters (lactones) is 6. The van der Waals surface area contributed by atoms with Gasteiger partial charge in [0.1, 0.15) is 33.4 Å². The lowest BCUT2D eigenvalue weighted by molar-refractivity contribution is -0.264. The topological polar surface area (TPSA) is 207 Å². The average molecular weight is 1180 g/mol. The molecular formula is C48H46F15NO16. The number of carbonyl (C=O) groups excluding carboxylic acids is 6. The van der Waals surface area contributed by atoms with E-state index in [9.17, 15) is 94.6 Å². The van der Waals surface area contributed by atoms with Crippen molar-refractivity contribution in [2.24, 2.45) is 5.41 Å². The zero-order valence-corrected chi connectivity index (χ0v) is 44.2. The largest absolute Gasteiger partial charge is 0.514 e. The Kier molecular flexibility index (Phi) is 17.2. The Hall–Kier alpha value is -7.57. The van der Waals surface area contributed by atoms with Gasteiger partial charge >= 0.3 is 36.7 Å². The van der Waals surface area contributed by atoms with Crippen LogP contribution in [0.4, 0.5) is 89.8 Å². The normalized spacial score (nSPS) is 19.9. The Morgan fingerprint density at radius 2 is 0.575 bits per heavy atom. The van der Waals surface area contributed by atoms with E-state index in [-0.39, 0.29) is 0 Å². The van der Waals surface area contributed by atoms with Crippen LogP contribution >= 0.6 is 0 Å². The van der Waals surface area contributed by atoms with Gasteiger partial charge in [-0.1, -0.05) is 0 Å². The van der Waals surface area contributed by atoms with Gasteiger partial charge in [-0.05, 0) is 104 Å². The van der Waals surface area contributed by atoms with E-state index in [0.717, 1.165) is 0 Å². The van der Waals surface area contributed by atoms with E-state index in [4.69, 9.17) is 33.2 Å². The van der Waals surface area contributed by atoms with Gasteiger partial charge in [0.25, 0.3) is 0 Å². The smallest absolute Gasteiger partial charge is 0.427 e. The molecule has 32 heteroatoms. The van der Waals surface area contributed by atoms with Crippen LogP contribution < -0.4 is 19.5 Å². The number of halogens is 15. The Labute approximate surface area is 442 Å². The monoisotopic (exact) mass is 1180 g/mol. The van der Waals surface area contributed by atoms with E-state index >= 15 is 0 Å². The summed E-state index contributed by atoms with van der Waals surface area (Å²) in [6.07, 6.45) is -6.52. The fourth-order valence-corrected chi connectivity index (χ4v) is 7.94. The number of amides is 1. The number of nitrogens with one attached hydrogen (secondary N) is 1. The van der Waals surface area contributed by atoms with Crippen molar-refractivity contribution in [1.82, 2.24) is 5.32 Å². The lowest BCUT2D eigenvalue weighted by atomic mass is 9.64. The van der Waals surface area contributed by atoms with Crippen LogP contribution in [0.2, 0.25) is 0 Å². The highest BCUT2D eigenvalue weighted by Gasteiger charge is 2.67. The maximum absolute atomic E-state index is 13.8. The van der Waals surface area contributed by atoms with Gasteiger partial charge in [-0.25, -0.2) is 63.5 Å². The summed E-state index contributed by atoms with van der Waals surface area (Å²) in [5.74, 6) is -41.5. The lowest BCUT2D eigenvalue weighted by Crippen LogP contribution is -2.75. The molecule has 17 nitrogen and oxygen atoms in total. The molecule has 0 atom stereocenters. The Morgan fingerprint density at radius 3 is 0.875 bits per heavy atom. The maximum Gasteiger partial charge on any atom is 0.514 e. The predicted molar refractivity (Wildman–Crippen MR) is 233 cm³/mol. The minimum atomic E-state index is -2.41. The Morgan fingerprint density at radius 1 is 0.338 bits per heavy atom. The van der Waals surface area contributed by atoms with Crippen molar-refractivity contribution in [2.45, 2.75) is 149 Å². The second kappa shape index (κ2) is 21.2. The third-order valence-corrected chi connectivity index (χ3v) is 14.3. The highest BCUT2D eigenvalue weighted by molar-refractivity contribution is 5.84. The first-order valence-electron chi connectivity index (χ1n) is 22.4. The van der Waals surface area contributed by atoms with Crippen molar-refractivity contribution < 1.29 is 142 Å². The molecule has 3 aliphatic heterocycles. The van der Waals surface area contributed by atoms with Gasteiger partial charge in [0, 0.05) is 0 Å². The highest BCUT2D eigenvalue weighted by Crippen LogP contribution is 2.51. The fraction of sp³-hybridized carbons (Fsp3) is 0.500. The SMILES string of the molecule is CC1(C)OC(=O)OC(C)(C)C1(C)C(=O)Oc1c(F)c(F)c(F)c(F)c1F.CC1(C)OC(=O)OC(C)(C)C1(C)NC(=O)Oc1c(F)c(F)c(F)c(F)c1F.CC1(C)OC(=O)OC(C)(C)C1(C)OC(=O)Oc1c(F)c(F)c(F)c(F)c1F. The van der Waals surface area contributed by atoms with Crippen LogP contribution in [0.15, 0.2) is 0 Å². The molecule has 3 fully saturated rings. The van der Waals surface area contributed by atoms with Crippen molar-refractivity contribution in [3.63, 3.8) is 0 Å². The van der Waals surface area contributed by atoms with Crippen LogP contribution in [-0.4, -0.2) is 81.4 Å². The summed E-state index contributed by atoms with van der Waals surface area (Å²) in [6.45, 7) is 20.3.